The molecule has 7 heteroatoms. The normalized spacial score (nSPS) is 21.8. The summed E-state index contributed by atoms with van der Waals surface area (Å²) in [6, 6.07) is 3.87. The fourth-order valence-corrected chi connectivity index (χ4v) is 3.45. The van der Waals surface area contributed by atoms with Crippen molar-refractivity contribution in [2.24, 2.45) is 12.8 Å². The van der Waals surface area contributed by atoms with Crippen LogP contribution in [0.3, 0.4) is 0 Å². The van der Waals surface area contributed by atoms with Gasteiger partial charge in [-0.3, -0.25) is 19.4 Å². The van der Waals surface area contributed by atoms with Gasteiger partial charge in [0.15, 0.2) is 0 Å². The van der Waals surface area contributed by atoms with E-state index >= 15 is 0 Å². The standard InChI is InChI=1S/C17H23N5O2/c1-21-10-14(16(20-21)13-4-2-6-19-9-13)11-22-7-3-5-17(24,12-22)8-15(18)23/h2,4,6,9-10,24H,3,5,7-8,11-12H2,1H3,(H2,18,23). The van der Waals surface area contributed by atoms with Crippen LogP contribution in [-0.4, -0.2) is 49.4 Å². The Morgan fingerprint density at radius 3 is 3.04 bits per heavy atom. The second kappa shape index (κ2) is 6.70. The van der Waals surface area contributed by atoms with Crippen LogP contribution in [-0.2, 0) is 18.4 Å². The number of aliphatic hydroxyl groups is 1. The minimum absolute atomic E-state index is 0.00595. The van der Waals surface area contributed by atoms with Gasteiger partial charge in [-0.1, -0.05) is 0 Å². The molecule has 1 fully saturated rings. The first-order valence-corrected chi connectivity index (χ1v) is 8.11. The highest BCUT2D eigenvalue weighted by atomic mass is 16.3. The van der Waals surface area contributed by atoms with Crippen LogP contribution in [0.25, 0.3) is 11.3 Å². The van der Waals surface area contributed by atoms with E-state index in [2.05, 4.69) is 15.0 Å². The molecule has 0 saturated carbocycles. The van der Waals surface area contributed by atoms with Gasteiger partial charge in [-0.25, -0.2) is 0 Å². The minimum Gasteiger partial charge on any atom is -0.388 e. The smallest absolute Gasteiger partial charge is 0.220 e. The molecule has 2 aromatic heterocycles. The van der Waals surface area contributed by atoms with Crippen molar-refractivity contribution >= 4 is 5.91 Å². The number of hydrogen-bond donors (Lipinski definition) is 2. The molecule has 0 bridgehead atoms. The lowest BCUT2D eigenvalue weighted by molar-refractivity contribution is -0.125. The Balaban J connectivity index is 1.78. The second-order valence-corrected chi connectivity index (χ2v) is 6.60. The Bertz CT molecular complexity index is 715. The first-order chi connectivity index (χ1) is 11.5. The van der Waals surface area contributed by atoms with Crippen molar-refractivity contribution in [2.45, 2.75) is 31.4 Å². The van der Waals surface area contributed by atoms with E-state index < -0.39 is 11.5 Å². The second-order valence-electron chi connectivity index (χ2n) is 6.60. The third-order valence-electron chi connectivity index (χ3n) is 4.37. The molecule has 2 aromatic rings. The van der Waals surface area contributed by atoms with E-state index in [1.54, 1.807) is 17.1 Å². The summed E-state index contributed by atoms with van der Waals surface area (Å²) in [5.41, 5.74) is 7.19. The third-order valence-corrected chi connectivity index (χ3v) is 4.37. The van der Waals surface area contributed by atoms with Crippen molar-refractivity contribution in [3.63, 3.8) is 0 Å². The van der Waals surface area contributed by atoms with Gasteiger partial charge in [0.2, 0.25) is 5.91 Å². The molecule has 0 aliphatic carbocycles. The monoisotopic (exact) mass is 329 g/mol. The SMILES string of the molecule is Cn1cc(CN2CCCC(O)(CC(N)=O)C2)c(-c2cccnc2)n1. The zero-order valence-corrected chi connectivity index (χ0v) is 13.9. The van der Waals surface area contributed by atoms with Crippen molar-refractivity contribution in [3.8, 4) is 11.3 Å². The van der Waals surface area contributed by atoms with Gasteiger partial charge >= 0.3 is 0 Å². The molecule has 0 spiro atoms. The zero-order valence-electron chi connectivity index (χ0n) is 13.9. The first-order valence-electron chi connectivity index (χ1n) is 8.11. The number of amides is 1. The van der Waals surface area contributed by atoms with Gasteiger partial charge in [0.05, 0.1) is 17.7 Å². The van der Waals surface area contributed by atoms with Crippen molar-refractivity contribution in [3.05, 3.63) is 36.3 Å². The van der Waals surface area contributed by atoms with Gasteiger partial charge in [0, 0.05) is 49.9 Å². The number of likely N-dealkylation sites (tertiary alicyclic amines) is 1. The molecule has 1 amide bonds. The summed E-state index contributed by atoms with van der Waals surface area (Å²) in [4.78, 5) is 17.5. The summed E-state index contributed by atoms with van der Waals surface area (Å²) in [7, 11) is 1.89. The van der Waals surface area contributed by atoms with Gasteiger partial charge in [0.25, 0.3) is 0 Å². The number of rotatable bonds is 5. The predicted octanol–water partition coefficient (Wildman–Crippen LogP) is 0.684. The van der Waals surface area contributed by atoms with Crippen molar-refractivity contribution in [1.29, 1.82) is 0 Å². The highest BCUT2D eigenvalue weighted by Gasteiger charge is 2.35. The van der Waals surface area contributed by atoms with Crippen LogP contribution in [0.1, 0.15) is 24.8 Å². The number of pyridine rings is 1. The summed E-state index contributed by atoms with van der Waals surface area (Å²) in [6.07, 6.45) is 6.98. The molecule has 7 nitrogen and oxygen atoms in total. The average Bonchev–Trinajstić information content (AvgIpc) is 2.87. The van der Waals surface area contributed by atoms with Crippen molar-refractivity contribution < 1.29 is 9.90 Å². The highest BCUT2D eigenvalue weighted by molar-refractivity contribution is 5.75. The lowest BCUT2D eigenvalue weighted by Crippen LogP contribution is -2.49. The summed E-state index contributed by atoms with van der Waals surface area (Å²) < 4.78 is 1.79. The molecule has 128 valence electrons. The highest BCUT2D eigenvalue weighted by Crippen LogP contribution is 2.28. The molecule has 1 aliphatic heterocycles. The van der Waals surface area contributed by atoms with Crippen molar-refractivity contribution in [1.82, 2.24) is 19.7 Å². The molecule has 1 unspecified atom stereocenters. The van der Waals surface area contributed by atoms with Gasteiger partial charge in [-0.15, -0.1) is 0 Å². The maximum absolute atomic E-state index is 11.2. The number of hydrogen-bond acceptors (Lipinski definition) is 5. The molecule has 1 atom stereocenters. The fraction of sp³-hybridized carbons (Fsp3) is 0.471. The van der Waals surface area contributed by atoms with E-state index in [-0.39, 0.29) is 6.42 Å². The molecular weight excluding hydrogens is 306 g/mol. The number of carbonyl (C=O) groups is 1. The van der Waals surface area contributed by atoms with Crippen LogP contribution >= 0.6 is 0 Å². The average molecular weight is 329 g/mol. The van der Waals surface area contributed by atoms with Gasteiger partial charge in [-0.05, 0) is 31.5 Å². The molecule has 3 N–H and O–H groups in total. The number of β-amino-alcohol motifs (C(OH)–C–C–N with tert-alkyl or cyclic N) is 1. The number of primary amides is 1. The zero-order chi connectivity index (χ0) is 17.2. The van der Waals surface area contributed by atoms with Crippen LogP contribution < -0.4 is 5.73 Å². The summed E-state index contributed by atoms with van der Waals surface area (Å²) in [5.74, 6) is -0.461. The molecule has 0 aromatic carbocycles. The molecule has 0 radical (unpaired) electrons. The largest absolute Gasteiger partial charge is 0.388 e. The van der Waals surface area contributed by atoms with Gasteiger partial charge < -0.3 is 10.8 Å². The third kappa shape index (κ3) is 3.80. The Hall–Kier alpha value is -2.25. The number of piperidine rings is 1. The van der Waals surface area contributed by atoms with Crippen LogP contribution in [0, 0.1) is 0 Å². The first kappa shape index (κ1) is 16.6. The summed E-state index contributed by atoms with van der Waals surface area (Å²) >= 11 is 0. The fourth-order valence-electron chi connectivity index (χ4n) is 3.45. The molecule has 1 saturated heterocycles. The molecular formula is C17H23N5O2. The lowest BCUT2D eigenvalue weighted by atomic mass is 9.89. The maximum Gasteiger partial charge on any atom is 0.220 e. The molecule has 1 aliphatic rings. The molecule has 3 rings (SSSR count). The van der Waals surface area contributed by atoms with Gasteiger partial charge in [-0.2, -0.15) is 5.10 Å². The Morgan fingerprint density at radius 1 is 1.50 bits per heavy atom. The van der Waals surface area contributed by atoms with E-state index in [1.807, 2.05) is 25.4 Å². The number of aryl methyl sites for hydroxylation is 1. The molecule has 3 heterocycles. The van der Waals surface area contributed by atoms with Gasteiger partial charge in [0.1, 0.15) is 0 Å². The summed E-state index contributed by atoms with van der Waals surface area (Å²) in [6.45, 7) is 1.99. The van der Waals surface area contributed by atoms with E-state index in [0.29, 0.717) is 19.5 Å². The predicted molar refractivity (Wildman–Crippen MR) is 89.7 cm³/mol. The van der Waals surface area contributed by atoms with Crippen LogP contribution in [0.4, 0.5) is 0 Å². The van der Waals surface area contributed by atoms with Crippen LogP contribution in [0.5, 0.6) is 0 Å². The Morgan fingerprint density at radius 2 is 2.33 bits per heavy atom. The van der Waals surface area contributed by atoms with E-state index in [0.717, 1.165) is 29.8 Å². The van der Waals surface area contributed by atoms with E-state index in [1.165, 1.54) is 0 Å². The number of nitrogens with two attached hydrogens (primary N) is 1. The lowest BCUT2D eigenvalue weighted by Gasteiger charge is -2.38. The maximum atomic E-state index is 11.2. The Kier molecular flexibility index (Phi) is 4.64. The number of aromatic nitrogens is 3. The van der Waals surface area contributed by atoms with Crippen LogP contribution in [0.2, 0.25) is 0 Å². The number of carbonyl (C=O) groups excluding carboxylic acids is 1. The topological polar surface area (TPSA) is 97.3 Å². The summed E-state index contributed by atoms with van der Waals surface area (Å²) in [5, 5.41) is 15.2. The van der Waals surface area contributed by atoms with E-state index in [4.69, 9.17) is 5.73 Å². The Labute approximate surface area is 141 Å². The van der Waals surface area contributed by atoms with E-state index in [9.17, 15) is 9.90 Å². The quantitative estimate of drug-likeness (QED) is 0.841. The minimum atomic E-state index is -1.03. The molecule has 24 heavy (non-hydrogen) atoms. The number of nitrogens with zero attached hydrogens (tertiary/aromatic N) is 4. The van der Waals surface area contributed by atoms with Crippen molar-refractivity contribution in [2.75, 3.05) is 13.1 Å². The van der Waals surface area contributed by atoms with Crippen LogP contribution in [0.15, 0.2) is 30.7 Å².